The molecule has 0 radical (unpaired) electrons. The average molecular weight is 370 g/mol. The third-order valence-electron chi connectivity index (χ3n) is 6.52. The Balaban J connectivity index is 1.24. The molecule has 0 unspecified atom stereocenters. The van der Waals surface area contributed by atoms with Crippen molar-refractivity contribution in [2.45, 2.75) is 63.3 Å². The highest BCUT2D eigenvalue weighted by Crippen LogP contribution is 2.43. The molecule has 26 heavy (non-hydrogen) atoms. The zero-order chi connectivity index (χ0) is 17.5. The van der Waals surface area contributed by atoms with Crippen LogP contribution in [0.5, 0.6) is 0 Å². The first-order chi connectivity index (χ1) is 12.8. The van der Waals surface area contributed by atoms with E-state index in [1.165, 1.54) is 61.3 Å². The number of rotatable bonds is 4. The minimum Gasteiger partial charge on any atom is -0.326 e. The van der Waals surface area contributed by atoms with Crippen molar-refractivity contribution in [2.24, 2.45) is 5.92 Å². The van der Waals surface area contributed by atoms with Crippen molar-refractivity contribution < 1.29 is 4.79 Å². The molecule has 2 aliphatic carbocycles. The third-order valence-corrected chi connectivity index (χ3v) is 7.70. The number of nitrogens with one attached hydrogen (secondary N) is 1. The number of anilines is 1. The van der Waals surface area contributed by atoms with Crippen LogP contribution in [0.25, 0.3) is 10.2 Å². The molecule has 5 rings (SSSR count). The average Bonchev–Trinajstić information content (AvgIpc) is 2.95. The molecule has 0 spiro atoms. The number of piperidine rings is 1. The number of carbonyl (C=O) groups is 1. The molecule has 1 aromatic carbocycles. The number of nitrogens with zero attached hydrogens (tertiary/aromatic N) is 2. The Bertz CT molecular complexity index is 801. The van der Waals surface area contributed by atoms with E-state index in [0.29, 0.717) is 5.92 Å². The first kappa shape index (κ1) is 16.7. The molecule has 2 aromatic rings. The summed E-state index contributed by atoms with van der Waals surface area (Å²) in [6.45, 7) is 2.59. The minimum atomic E-state index is 0.184. The van der Waals surface area contributed by atoms with Crippen LogP contribution in [-0.2, 0) is 4.79 Å². The molecule has 0 bridgehead atoms. The van der Waals surface area contributed by atoms with Crippen LogP contribution in [0.2, 0.25) is 0 Å². The maximum atomic E-state index is 12.2. The molecule has 2 saturated carbocycles. The lowest BCUT2D eigenvalue weighted by atomic mass is 9.79. The van der Waals surface area contributed by atoms with Crippen LogP contribution in [0.1, 0.15) is 62.3 Å². The molecule has 1 aliphatic heterocycles. The topological polar surface area (TPSA) is 45.2 Å². The fraction of sp³-hybridized carbons (Fsp3) is 0.619. The van der Waals surface area contributed by atoms with Gasteiger partial charge in [0.15, 0.2) is 0 Å². The van der Waals surface area contributed by atoms with Crippen molar-refractivity contribution in [1.82, 2.24) is 9.88 Å². The van der Waals surface area contributed by atoms with Crippen molar-refractivity contribution in [2.75, 3.05) is 18.4 Å². The summed E-state index contributed by atoms with van der Waals surface area (Å²) in [7, 11) is 0. The fourth-order valence-electron chi connectivity index (χ4n) is 4.48. The summed E-state index contributed by atoms with van der Waals surface area (Å²) in [5.41, 5.74) is 2.00. The zero-order valence-electron chi connectivity index (χ0n) is 15.2. The van der Waals surface area contributed by atoms with Gasteiger partial charge in [0.2, 0.25) is 5.91 Å². The van der Waals surface area contributed by atoms with E-state index in [9.17, 15) is 4.79 Å². The second-order valence-corrected chi connectivity index (χ2v) is 9.33. The van der Waals surface area contributed by atoms with E-state index in [-0.39, 0.29) is 11.8 Å². The van der Waals surface area contributed by atoms with E-state index in [4.69, 9.17) is 4.98 Å². The second-order valence-electron chi connectivity index (χ2n) is 8.27. The minimum absolute atomic E-state index is 0.184. The molecule has 138 valence electrons. The number of fused-ring (bicyclic) bond motifs is 1. The molecule has 4 nitrogen and oxygen atoms in total. The first-order valence-corrected chi connectivity index (χ1v) is 11.0. The summed E-state index contributed by atoms with van der Waals surface area (Å²) >= 11 is 1.82. The van der Waals surface area contributed by atoms with Crippen LogP contribution in [0.4, 0.5) is 5.69 Å². The maximum absolute atomic E-state index is 12.2. The van der Waals surface area contributed by atoms with Crippen LogP contribution in [0.3, 0.4) is 0 Å². The Kier molecular flexibility index (Phi) is 4.45. The Hall–Kier alpha value is -1.46. The number of hydrogen-bond donors (Lipinski definition) is 1. The Morgan fingerprint density at radius 3 is 2.65 bits per heavy atom. The van der Waals surface area contributed by atoms with Gasteiger partial charge in [0.05, 0.1) is 15.2 Å². The van der Waals surface area contributed by atoms with E-state index in [0.717, 1.165) is 30.1 Å². The van der Waals surface area contributed by atoms with Crippen LogP contribution in [0.15, 0.2) is 18.2 Å². The number of likely N-dealkylation sites (tertiary alicyclic amines) is 1. The van der Waals surface area contributed by atoms with Crippen molar-refractivity contribution in [3.8, 4) is 0 Å². The molecular formula is C21H27N3OS. The van der Waals surface area contributed by atoms with Gasteiger partial charge in [-0.3, -0.25) is 4.79 Å². The van der Waals surface area contributed by atoms with Crippen molar-refractivity contribution >= 4 is 33.1 Å². The van der Waals surface area contributed by atoms with Crippen LogP contribution in [-0.4, -0.2) is 34.9 Å². The molecule has 0 atom stereocenters. The summed E-state index contributed by atoms with van der Waals surface area (Å²) in [4.78, 5) is 19.7. The predicted molar refractivity (Wildman–Crippen MR) is 107 cm³/mol. The highest BCUT2D eigenvalue weighted by molar-refractivity contribution is 7.18. The van der Waals surface area contributed by atoms with E-state index in [1.807, 2.05) is 17.4 Å². The molecule has 1 amide bonds. The quantitative estimate of drug-likeness (QED) is 0.844. The number of amides is 1. The van der Waals surface area contributed by atoms with Crippen LogP contribution in [0, 0.1) is 5.92 Å². The van der Waals surface area contributed by atoms with E-state index >= 15 is 0 Å². The van der Waals surface area contributed by atoms with Gasteiger partial charge in [-0.2, -0.15) is 0 Å². The largest absolute Gasteiger partial charge is 0.326 e. The predicted octanol–water partition coefficient (Wildman–Crippen LogP) is 4.77. The number of aromatic nitrogens is 1. The summed E-state index contributed by atoms with van der Waals surface area (Å²) in [6, 6.07) is 6.95. The molecule has 1 aromatic heterocycles. The third kappa shape index (κ3) is 3.16. The zero-order valence-corrected chi connectivity index (χ0v) is 16.1. The van der Waals surface area contributed by atoms with E-state index in [1.54, 1.807) is 0 Å². The van der Waals surface area contributed by atoms with Gasteiger partial charge in [-0.15, -0.1) is 11.3 Å². The molecule has 1 saturated heterocycles. The van der Waals surface area contributed by atoms with Gasteiger partial charge >= 0.3 is 0 Å². The maximum Gasteiger partial charge on any atom is 0.227 e. The van der Waals surface area contributed by atoms with Gasteiger partial charge in [0.25, 0.3) is 0 Å². The van der Waals surface area contributed by atoms with Gasteiger partial charge in [-0.1, -0.05) is 12.8 Å². The highest BCUT2D eigenvalue weighted by Gasteiger charge is 2.36. The Morgan fingerprint density at radius 1 is 1.12 bits per heavy atom. The Morgan fingerprint density at radius 2 is 1.92 bits per heavy atom. The van der Waals surface area contributed by atoms with E-state index < -0.39 is 0 Å². The van der Waals surface area contributed by atoms with E-state index in [2.05, 4.69) is 22.3 Å². The van der Waals surface area contributed by atoms with Crippen molar-refractivity contribution in [3.05, 3.63) is 23.2 Å². The standard InChI is InChI=1S/C21H27N3OS/c25-20(14-5-4-6-14)22-16-7-8-18-19(13-16)26-21(23-18)15-11-17(12-15)24-9-2-1-3-10-24/h7-8,13-15,17H,1-6,9-12H2,(H,22,25). The number of thiazole rings is 1. The number of hydrogen-bond acceptors (Lipinski definition) is 4. The summed E-state index contributed by atoms with van der Waals surface area (Å²) in [6.07, 6.45) is 9.96. The first-order valence-electron chi connectivity index (χ1n) is 10.2. The lowest BCUT2D eigenvalue weighted by molar-refractivity contribution is -0.122. The lowest BCUT2D eigenvalue weighted by Gasteiger charge is -2.43. The van der Waals surface area contributed by atoms with Gasteiger partial charge in [-0.05, 0) is 69.8 Å². The normalized spacial score (nSPS) is 27.1. The molecule has 3 fully saturated rings. The van der Waals surface area contributed by atoms with Crippen LogP contribution >= 0.6 is 11.3 Å². The van der Waals surface area contributed by atoms with Gasteiger partial charge in [0.1, 0.15) is 0 Å². The molecule has 1 N–H and O–H groups in total. The summed E-state index contributed by atoms with van der Waals surface area (Å²) in [5, 5.41) is 4.37. The van der Waals surface area contributed by atoms with Crippen LogP contribution < -0.4 is 5.32 Å². The smallest absolute Gasteiger partial charge is 0.227 e. The van der Waals surface area contributed by atoms with Gasteiger partial charge in [-0.25, -0.2) is 4.98 Å². The monoisotopic (exact) mass is 369 g/mol. The van der Waals surface area contributed by atoms with Gasteiger partial charge in [0, 0.05) is 23.6 Å². The fourth-order valence-corrected chi connectivity index (χ4v) is 5.61. The number of benzene rings is 1. The molecule has 3 aliphatic rings. The Labute approximate surface area is 159 Å². The lowest BCUT2D eigenvalue weighted by Crippen LogP contribution is -2.46. The van der Waals surface area contributed by atoms with Gasteiger partial charge < -0.3 is 10.2 Å². The van der Waals surface area contributed by atoms with Crippen molar-refractivity contribution in [1.29, 1.82) is 0 Å². The molecule has 5 heteroatoms. The summed E-state index contributed by atoms with van der Waals surface area (Å²) in [5.74, 6) is 1.04. The molecular weight excluding hydrogens is 342 g/mol. The van der Waals surface area contributed by atoms with Crippen molar-refractivity contribution in [3.63, 3.8) is 0 Å². The molecule has 2 heterocycles. The highest BCUT2D eigenvalue weighted by atomic mass is 32.1. The second kappa shape index (κ2) is 6.93. The number of carbonyl (C=O) groups excluding carboxylic acids is 1. The SMILES string of the molecule is O=C(Nc1ccc2nc(C3CC(N4CCCCC4)C3)sc2c1)C1CCC1. The summed E-state index contributed by atoms with van der Waals surface area (Å²) < 4.78 is 1.20.